The van der Waals surface area contributed by atoms with Gasteiger partial charge in [0.25, 0.3) is 17.7 Å². The van der Waals surface area contributed by atoms with Crippen molar-refractivity contribution in [3.63, 3.8) is 0 Å². The van der Waals surface area contributed by atoms with Gasteiger partial charge in [0.1, 0.15) is 6.61 Å². The van der Waals surface area contributed by atoms with Crippen molar-refractivity contribution in [2.45, 2.75) is 0 Å². The fourth-order valence-electron chi connectivity index (χ4n) is 3.44. The Bertz CT molecular complexity index is 1250. The molecule has 2 N–H and O–H groups in total. The van der Waals surface area contributed by atoms with Crippen LogP contribution in [-0.4, -0.2) is 47.4 Å². The van der Waals surface area contributed by atoms with Crippen molar-refractivity contribution in [2.24, 2.45) is 5.73 Å². The second-order valence-corrected chi connectivity index (χ2v) is 7.06. The number of benzene rings is 2. The summed E-state index contributed by atoms with van der Waals surface area (Å²) in [5.74, 6) is 0.928. The number of aromatic nitrogens is 2. The van der Waals surface area contributed by atoms with Gasteiger partial charge in [-0.2, -0.15) is 0 Å². The highest BCUT2D eigenvalue weighted by molar-refractivity contribution is 6.14. The van der Waals surface area contributed by atoms with Gasteiger partial charge in [0.05, 0.1) is 6.61 Å². The maximum absolute atomic E-state index is 13.6. The first-order chi connectivity index (χ1) is 16.0. The van der Waals surface area contributed by atoms with Gasteiger partial charge in [-0.25, -0.2) is 9.97 Å². The van der Waals surface area contributed by atoms with Crippen molar-refractivity contribution in [2.75, 3.05) is 29.6 Å². The summed E-state index contributed by atoms with van der Waals surface area (Å²) < 4.78 is 5.17. The van der Waals surface area contributed by atoms with Crippen LogP contribution in [0.2, 0.25) is 0 Å². The molecular weight excluding hydrogens is 422 g/mol. The quantitative estimate of drug-likeness (QED) is 0.604. The number of ether oxygens (including phenoxy) is 1. The van der Waals surface area contributed by atoms with Crippen molar-refractivity contribution in [3.05, 3.63) is 77.9 Å². The fraction of sp³-hybridized carbons (Fsp3) is 0.125. The number of amides is 3. The molecule has 1 aliphatic heterocycles. The van der Waals surface area contributed by atoms with Crippen LogP contribution in [-0.2, 0) is 9.53 Å². The molecule has 0 unspecified atom stereocenters. The van der Waals surface area contributed by atoms with Crippen LogP contribution >= 0.6 is 0 Å². The Morgan fingerprint density at radius 1 is 1.00 bits per heavy atom. The second kappa shape index (κ2) is 9.30. The molecular formula is C24H19N5O4. The molecule has 0 spiro atoms. The Hall–Kier alpha value is -4.55. The predicted octanol–water partition coefficient (Wildman–Crippen LogP) is 1.90. The van der Waals surface area contributed by atoms with Crippen molar-refractivity contribution < 1.29 is 19.1 Å². The van der Waals surface area contributed by atoms with E-state index in [0.717, 1.165) is 0 Å². The third kappa shape index (κ3) is 4.42. The third-order valence-corrected chi connectivity index (χ3v) is 5.03. The van der Waals surface area contributed by atoms with E-state index in [2.05, 4.69) is 15.9 Å². The molecule has 9 heteroatoms. The van der Waals surface area contributed by atoms with Crippen LogP contribution in [0.1, 0.15) is 26.5 Å². The summed E-state index contributed by atoms with van der Waals surface area (Å²) in [5, 5.41) is 0. The van der Waals surface area contributed by atoms with E-state index in [-0.39, 0.29) is 23.9 Å². The Morgan fingerprint density at radius 3 is 2.18 bits per heavy atom. The van der Waals surface area contributed by atoms with Gasteiger partial charge in [-0.05, 0) is 48.5 Å². The minimum Gasteiger partial charge on any atom is -0.370 e. The Kier molecular flexibility index (Phi) is 6.11. The topological polar surface area (TPSA) is 119 Å². The number of primary amides is 1. The van der Waals surface area contributed by atoms with Crippen LogP contribution < -0.4 is 15.5 Å². The number of rotatable bonds is 5. The largest absolute Gasteiger partial charge is 0.370 e. The van der Waals surface area contributed by atoms with Crippen molar-refractivity contribution >= 4 is 34.8 Å². The standard InChI is InChI=1S/C24H19N5O4/c1-2-16-3-5-18(6-4-16)29(24(32)22-21(23(25)31)26-11-12-27-22)19-9-7-17(8-10-19)28-13-14-33-15-20(28)30/h1,3-12H,13-15H2,(H2,25,31). The van der Waals surface area contributed by atoms with E-state index in [1.807, 2.05) is 0 Å². The Labute approximate surface area is 189 Å². The summed E-state index contributed by atoms with van der Waals surface area (Å²) in [4.78, 5) is 48.5. The molecule has 1 saturated heterocycles. The lowest BCUT2D eigenvalue weighted by Crippen LogP contribution is -2.41. The number of carbonyl (C=O) groups is 3. The van der Waals surface area contributed by atoms with Crippen molar-refractivity contribution in [1.82, 2.24) is 9.97 Å². The molecule has 33 heavy (non-hydrogen) atoms. The molecule has 1 fully saturated rings. The maximum atomic E-state index is 13.6. The number of nitrogens with two attached hydrogens (primary N) is 1. The highest BCUT2D eigenvalue weighted by atomic mass is 16.5. The minimum absolute atomic E-state index is 0.0243. The molecule has 0 radical (unpaired) electrons. The van der Waals surface area contributed by atoms with E-state index in [1.54, 1.807) is 53.4 Å². The average Bonchev–Trinajstić information content (AvgIpc) is 2.85. The van der Waals surface area contributed by atoms with E-state index < -0.39 is 11.8 Å². The monoisotopic (exact) mass is 441 g/mol. The number of morpholine rings is 1. The molecule has 0 aliphatic carbocycles. The lowest BCUT2D eigenvalue weighted by molar-refractivity contribution is -0.125. The van der Waals surface area contributed by atoms with Crippen LogP contribution in [0, 0.1) is 12.3 Å². The molecule has 4 rings (SSSR count). The molecule has 2 heterocycles. The first-order valence-electron chi connectivity index (χ1n) is 9.99. The van der Waals surface area contributed by atoms with Gasteiger partial charge < -0.3 is 15.4 Å². The van der Waals surface area contributed by atoms with Crippen molar-refractivity contribution in [3.8, 4) is 12.3 Å². The fourth-order valence-corrected chi connectivity index (χ4v) is 3.44. The number of hydrogen-bond donors (Lipinski definition) is 1. The van der Waals surface area contributed by atoms with Crippen LogP contribution in [0.5, 0.6) is 0 Å². The predicted molar refractivity (Wildman–Crippen MR) is 121 cm³/mol. The molecule has 2 aromatic carbocycles. The molecule has 1 aromatic heterocycles. The van der Waals surface area contributed by atoms with Gasteiger partial charge in [-0.1, -0.05) is 5.92 Å². The van der Waals surface area contributed by atoms with Crippen LogP contribution in [0.25, 0.3) is 0 Å². The second-order valence-electron chi connectivity index (χ2n) is 7.06. The summed E-state index contributed by atoms with van der Waals surface area (Å²) in [7, 11) is 0. The summed E-state index contributed by atoms with van der Waals surface area (Å²) >= 11 is 0. The zero-order chi connectivity index (χ0) is 23.4. The summed E-state index contributed by atoms with van der Waals surface area (Å²) in [6.07, 6.45) is 8.05. The maximum Gasteiger partial charge on any atom is 0.283 e. The molecule has 1 aliphatic rings. The molecule has 3 amide bonds. The zero-order valence-corrected chi connectivity index (χ0v) is 17.5. The Balaban J connectivity index is 1.76. The average molecular weight is 441 g/mol. The third-order valence-electron chi connectivity index (χ3n) is 5.03. The smallest absolute Gasteiger partial charge is 0.283 e. The lowest BCUT2D eigenvalue weighted by Gasteiger charge is -2.28. The highest BCUT2D eigenvalue weighted by Gasteiger charge is 2.27. The molecule has 0 bridgehead atoms. The van der Waals surface area contributed by atoms with Gasteiger partial charge >= 0.3 is 0 Å². The van der Waals surface area contributed by atoms with Crippen molar-refractivity contribution in [1.29, 1.82) is 0 Å². The molecule has 9 nitrogen and oxygen atoms in total. The molecule has 0 saturated carbocycles. The van der Waals surface area contributed by atoms with Crippen LogP contribution in [0.3, 0.4) is 0 Å². The van der Waals surface area contributed by atoms with Crippen LogP contribution in [0.4, 0.5) is 17.1 Å². The van der Waals surface area contributed by atoms with Gasteiger partial charge in [-0.15, -0.1) is 6.42 Å². The van der Waals surface area contributed by atoms with E-state index in [1.165, 1.54) is 17.3 Å². The van der Waals surface area contributed by atoms with Gasteiger partial charge in [0.15, 0.2) is 11.4 Å². The first kappa shape index (κ1) is 21.7. The van der Waals surface area contributed by atoms with Gasteiger partial charge in [0.2, 0.25) is 0 Å². The van der Waals surface area contributed by atoms with Gasteiger partial charge in [-0.3, -0.25) is 19.3 Å². The molecule has 164 valence electrons. The van der Waals surface area contributed by atoms with E-state index in [4.69, 9.17) is 16.9 Å². The minimum atomic E-state index is -0.866. The summed E-state index contributed by atoms with van der Waals surface area (Å²) in [6, 6.07) is 13.6. The Morgan fingerprint density at radius 2 is 1.61 bits per heavy atom. The van der Waals surface area contributed by atoms with E-state index in [0.29, 0.717) is 35.8 Å². The number of anilines is 3. The highest BCUT2D eigenvalue weighted by Crippen LogP contribution is 2.30. The van der Waals surface area contributed by atoms with E-state index in [9.17, 15) is 14.4 Å². The molecule has 3 aromatic rings. The number of nitrogens with zero attached hydrogens (tertiary/aromatic N) is 4. The number of terminal acetylenes is 1. The first-order valence-corrected chi connectivity index (χ1v) is 9.99. The van der Waals surface area contributed by atoms with E-state index >= 15 is 0 Å². The summed E-state index contributed by atoms with van der Waals surface area (Å²) in [5.41, 5.74) is 7.29. The molecule has 0 atom stereocenters. The zero-order valence-electron chi connectivity index (χ0n) is 17.5. The SMILES string of the molecule is C#Cc1ccc(N(C(=O)c2nccnc2C(N)=O)c2ccc(N3CCOCC3=O)cc2)cc1. The number of carbonyl (C=O) groups excluding carboxylic acids is 3. The summed E-state index contributed by atoms with van der Waals surface area (Å²) in [6.45, 7) is 0.911. The number of hydrogen-bond acceptors (Lipinski definition) is 6. The van der Waals surface area contributed by atoms with Crippen LogP contribution in [0.15, 0.2) is 60.9 Å². The normalized spacial score (nSPS) is 13.3. The lowest BCUT2D eigenvalue weighted by atomic mass is 10.1. The van der Waals surface area contributed by atoms with Gasteiger partial charge in [0, 0.05) is 41.6 Å².